The van der Waals surface area contributed by atoms with Crippen LogP contribution in [0.1, 0.15) is 11.3 Å². The molecule has 146 valence electrons. The third-order valence-electron chi connectivity index (χ3n) is 4.44. The Morgan fingerprint density at radius 1 is 1.03 bits per heavy atom. The highest BCUT2D eigenvalue weighted by Crippen LogP contribution is 2.32. The summed E-state index contributed by atoms with van der Waals surface area (Å²) in [5.41, 5.74) is 4.18. The number of benzene rings is 2. The highest BCUT2D eigenvalue weighted by molar-refractivity contribution is 8.00. The smallest absolute Gasteiger partial charge is 0.230 e. The van der Waals surface area contributed by atoms with Crippen LogP contribution in [0.2, 0.25) is 0 Å². The Morgan fingerprint density at radius 2 is 1.83 bits per heavy atom. The number of aromatic amines is 1. The zero-order valence-corrected chi connectivity index (χ0v) is 16.8. The first-order valence-electron chi connectivity index (χ1n) is 9.33. The van der Waals surface area contributed by atoms with Gasteiger partial charge in [0.1, 0.15) is 16.6 Å². The third-order valence-corrected chi connectivity index (χ3v) is 5.41. The average Bonchev–Trinajstić information content (AvgIpc) is 3.42. The molecular formula is C23H21N3O2S. The minimum atomic E-state index is -0.0643. The molecule has 5 nitrogen and oxygen atoms in total. The molecule has 0 aliphatic heterocycles. The lowest BCUT2D eigenvalue weighted by molar-refractivity contribution is -0.118. The van der Waals surface area contributed by atoms with Crippen LogP contribution in [0.5, 0.6) is 0 Å². The van der Waals surface area contributed by atoms with Crippen molar-refractivity contribution in [1.82, 2.24) is 15.3 Å². The van der Waals surface area contributed by atoms with Crippen LogP contribution in [-0.4, -0.2) is 21.6 Å². The molecule has 0 bridgehead atoms. The average molecular weight is 404 g/mol. The SMILES string of the molecule is Cc1ccc(-c2[nH]c(-c3ccccc3)nc2SCC(=O)NCc2ccco2)cc1. The molecule has 0 atom stereocenters. The number of nitrogens with one attached hydrogen (secondary N) is 2. The predicted octanol–water partition coefficient (Wildman–Crippen LogP) is 5.05. The number of aryl methyl sites for hydroxylation is 1. The van der Waals surface area contributed by atoms with Crippen molar-refractivity contribution in [3.63, 3.8) is 0 Å². The first-order valence-corrected chi connectivity index (χ1v) is 10.3. The Bertz CT molecular complexity index is 1070. The Hall–Kier alpha value is -3.25. The monoisotopic (exact) mass is 403 g/mol. The summed E-state index contributed by atoms with van der Waals surface area (Å²) in [6.07, 6.45) is 1.60. The van der Waals surface area contributed by atoms with E-state index in [-0.39, 0.29) is 11.7 Å². The molecule has 0 aliphatic carbocycles. The van der Waals surface area contributed by atoms with Crippen LogP contribution in [-0.2, 0) is 11.3 Å². The van der Waals surface area contributed by atoms with Crippen molar-refractivity contribution in [3.05, 3.63) is 84.3 Å². The van der Waals surface area contributed by atoms with Crippen LogP contribution in [0.3, 0.4) is 0 Å². The topological polar surface area (TPSA) is 70.9 Å². The Morgan fingerprint density at radius 3 is 2.55 bits per heavy atom. The first-order chi connectivity index (χ1) is 14.2. The van der Waals surface area contributed by atoms with Gasteiger partial charge in [-0.25, -0.2) is 4.98 Å². The van der Waals surface area contributed by atoms with Gasteiger partial charge < -0.3 is 14.7 Å². The van der Waals surface area contributed by atoms with Crippen LogP contribution < -0.4 is 5.32 Å². The predicted molar refractivity (Wildman–Crippen MR) is 115 cm³/mol. The van der Waals surface area contributed by atoms with Gasteiger partial charge in [0.15, 0.2) is 0 Å². The largest absolute Gasteiger partial charge is 0.467 e. The van der Waals surface area contributed by atoms with E-state index in [1.54, 1.807) is 12.3 Å². The molecular weight excluding hydrogens is 382 g/mol. The maximum absolute atomic E-state index is 12.3. The van der Waals surface area contributed by atoms with Crippen molar-refractivity contribution in [3.8, 4) is 22.6 Å². The molecule has 2 aromatic carbocycles. The Balaban J connectivity index is 1.53. The highest BCUT2D eigenvalue weighted by Gasteiger charge is 2.15. The fourth-order valence-corrected chi connectivity index (χ4v) is 3.73. The molecule has 0 radical (unpaired) electrons. The molecule has 0 fully saturated rings. The van der Waals surface area contributed by atoms with E-state index in [0.29, 0.717) is 6.54 Å². The van der Waals surface area contributed by atoms with E-state index in [2.05, 4.69) is 41.5 Å². The molecule has 4 rings (SSSR count). The highest BCUT2D eigenvalue weighted by atomic mass is 32.2. The zero-order chi connectivity index (χ0) is 20.1. The van der Waals surface area contributed by atoms with Crippen LogP contribution >= 0.6 is 11.8 Å². The van der Waals surface area contributed by atoms with Gasteiger partial charge in [0.25, 0.3) is 0 Å². The number of hydrogen-bond donors (Lipinski definition) is 2. The zero-order valence-electron chi connectivity index (χ0n) is 16.0. The molecule has 0 spiro atoms. The van der Waals surface area contributed by atoms with Gasteiger partial charge in [-0.3, -0.25) is 4.79 Å². The number of amides is 1. The van der Waals surface area contributed by atoms with Gasteiger partial charge >= 0.3 is 0 Å². The van der Waals surface area contributed by atoms with E-state index in [1.807, 2.05) is 36.4 Å². The molecule has 1 amide bonds. The first kappa shape index (κ1) is 19.1. The summed E-state index contributed by atoms with van der Waals surface area (Å²) < 4.78 is 5.25. The van der Waals surface area contributed by atoms with Gasteiger partial charge in [-0.2, -0.15) is 0 Å². The standard InChI is InChI=1S/C23H21N3O2S/c1-16-9-11-17(12-10-16)21-23(26-22(25-21)18-6-3-2-4-7-18)29-15-20(27)24-14-19-8-5-13-28-19/h2-13H,14-15H2,1H3,(H,24,27)(H,25,26). The molecule has 0 saturated carbocycles. The minimum absolute atomic E-state index is 0.0643. The van der Waals surface area contributed by atoms with E-state index < -0.39 is 0 Å². The summed E-state index contributed by atoms with van der Waals surface area (Å²) >= 11 is 1.42. The second-order valence-corrected chi connectivity index (χ2v) is 7.61. The number of rotatable bonds is 7. The fourth-order valence-electron chi connectivity index (χ4n) is 2.89. The van der Waals surface area contributed by atoms with Crippen molar-refractivity contribution in [2.75, 3.05) is 5.75 Å². The van der Waals surface area contributed by atoms with E-state index in [0.717, 1.165) is 33.4 Å². The van der Waals surface area contributed by atoms with Crippen molar-refractivity contribution in [2.24, 2.45) is 0 Å². The van der Waals surface area contributed by atoms with Crippen molar-refractivity contribution < 1.29 is 9.21 Å². The van der Waals surface area contributed by atoms with E-state index in [4.69, 9.17) is 9.40 Å². The fraction of sp³-hybridized carbons (Fsp3) is 0.130. The summed E-state index contributed by atoms with van der Waals surface area (Å²) in [5, 5.41) is 3.68. The number of nitrogens with zero attached hydrogens (tertiary/aromatic N) is 1. The lowest BCUT2D eigenvalue weighted by atomic mass is 10.1. The number of hydrogen-bond acceptors (Lipinski definition) is 4. The quantitative estimate of drug-likeness (QED) is 0.424. The molecule has 0 aliphatic rings. The normalized spacial score (nSPS) is 10.8. The van der Waals surface area contributed by atoms with Gasteiger partial charge in [-0.1, -0.05) is 71.9 Å². The molecule has 0 saturated heterocycles. The summed E-state index contributed by atoms with van der Waals surface area (Å²) in [6.45, 7) is 2.44. The van der Waals surface area contributed by atoms with Gasteiger partial charge in [-0.05, 0) is 19.1 Å². The maximum atomic E-state index is 12.3. The van der Waals surface area contributed by atoms with Crippen LogP contribution in [0.25, 0.3) is 22.6 Å². The summed E-state index contributed by atoms with van der Waals surface area (Å²) in [4.78, 5) is 20.5. The Labute approximate surface area is 173 Å². The molecule has 6 heteroatoms. The van der Waals surface area contributed by atoms with Crippen LogP contribution in [0.4, 0.5) is 0 Å². The molecule has 2 N–H and O–H groups in total. The number of furan rings is 1. The Kier molecular flexibility index (Phi) is 5.81. The molecule has 2 heterocycles. The maximum Gasteiger partial charge on any atom is 0.230 e. The van der Waals surface area contributed by atoms with Gasteiger partial charge in [-0.15, -0.1) is 0 Å². The minimum Gasteiger partial charge on any atom is -0.467 e. The number of aromatic nitrogens is 2. The molecule has 2 aromatic heterocycles. The van der Waals surface area contributed by atoms with Crippen LogP contribution in [0.15, 0.2) is 82.4 Å². The number of imidazole rings is 1. The molecule has 0 unspecified atom stereocenters. The number of carbonyl (C=O) groups excluding carboxylic acids is 1. The molecule has 29 heavy (non-hydrogen) atoms. The number of carbonyl (C=O) groups is 1. The van der Waals surface area contributed by atoms with Gasteiger partial charge in [0.2, 0.25) is 5.91 Å². The summed E-state index contributed by atoms with van der Waals surface area (Å²) in [7, 11) is 0. The lowest BCUT2D eigenvalue weighted by Gasteiger charge is -2.04. The molecule has 4 aromatic rings. The van der Waals surface area contributed by atoms with Crippen molar-refractivity contribution >= 4 is 17.7 Å². The second-order valence-electron chi connectivity index (χ2n) is 6.64. The third kappa shape index (κ3) is 4.78. The van der Waals surface area contributed by atoms with Crippen molar-refractivity contribution in [2.45, 2.75) is 18.5 Å². The van der Waals surface area contributed by atoms with E-state index in [1.165, 1.54) is 17.3 Å². The van der Waals surface area contributed by atoms with E-state index >= 15 is 0 Å². The summed E-state index contributed by atoms with van der Waals surface area (Å²) in [6, 6.07) is 21.9. The van der Waals surface area contributed by atoms with Gasteiger partial charge in [0.05, 0.1) is 24.3 Å². The van der Waals surface area contributed by atoms with E-state index in [9.17, 15) is 4.79 Å². The second kappa shape index (κ2) is 8.84. The summed E-state index contributed by atoms with van der Waals surface area (Å²) in [5.74, 6) is 1.73. The van der Waals surface area contributed by atoms with Crippen LogP contribution in [0, 0.1) is 6.92 Å². The number of H-pyrrole nitrogens is 1. The number of thioether (sulfide) groups is 1. The van der Waals surface area contributed by atoms with Crippen molar-refractivity contribution in [1.29, 1.82) is 0 Å². The lowest BCUT2D eigenvalue weighted by Crippen LogP contribution is -2.24. The van der Waals surface area contributed by atoms with Gasteiger partial charge in [0, 0.05) is 11.1 Å².